The van der Waals surface area contributed by atoms with E-state index in [0.29, 0.717) is 19.4 Å². The van der Waals surface area contributed by atoms with Gasteiger partial charge in [-0.2, -0.15) is 0 Å². The Labute approximate surface area is 125 Å². The average molecular weight is 289 g/mol. The Morgan fingerprint density at radius 1 is 1.14 bits per heavy atom. The molecule has 0 radical (unpaired) electrons. The van der Waals surface area contributed by atoms with Crippen molar-refractivity contribution in [2.24, 2.45) is 11.8 Å². The molecule has 1 amide bonds. The van der Waals surface area contributed by atoms with Gasteiger partial charge in [0.15, 0.2) is 0 Å². The number of aliphatic carboxylic acids is 1. The van der Waals surface area contributed by atoms with Gasteiger partial charge in [-0.15, -0.1) is 0 Å². The van der Waals surface area contributed by atoms with E-state index in [9.17, 15) is 9.59 Å². The van der Waals surface area contributed by atoms with Crippen molar-refractivity contribution in [3.8, 4) is 0 Å². The van der Waals surface area contributed by atoms with Gasteiger partial charge in [-0.05, 0) is 36.8 Å². The van der Waals surface area contributed by atoms with Gasteiger partial charge < -0.3 is 10.4 Å². The number of carbonyl (C=O) groups is 2. The molecule has 2 atom stereocenters. The van der Waals surface area contributed by atoms with Crippen LogP contribution in [0.5, 0.6) is 0 Å². The molecule has 1 aliphatic rings. The molecule has 4 nitrogen and oxygen atoms in total. The molecule has 0 spiro atoms. The van der Waals surface area contributed by atoms with Crippen LogP contribution >= 0.6 is 0 Å². The van der Waals surface area contributed by atoms with E-state index < -0.39 is 5.97 Å². The lowest BCUT2D eigenvalue weighted by atomic mass is 9.81. The Morgan fingerprint density at radius 2 is 1.76 bits per heavy atom. The lowest BCUT2D eigenvalue weighted by Gasteiger charge is -2.25. The molecule has 1 fully saturated rings. The average Bonchev–Trinajstić information content (AvgIpc) is 2.53. The molecule has 0 heterocycles. The molecule has 2 unspecified atom stereocenters. The first kappa shape index (κ1) is 15.5. The topological polar surface area (TPSA) is 66.4 Å². The SMILES string of the molecule is CCc1ccc(CNC(=O)C2CCCC(C(=O)O)C2)cc1. The summed E-state index contributed by atoms with van der Waals surface area (Å²) in [5.74, 6) is -1.31. The highest BCUT2D eigenvalue weighted by molar-refractivity contribution is 5.80. The first-order valence-corrected chi connectivity index (χ1v) is 7.68. The summed E-state index contributed by atoms with van der Waals surface area (Å²) in [7, 11) is 0. The normalized spacial score (nSPS) is 21.8. The summed E-state index contributed by atoms with van der Waals surface area (Å²) in [6.45, 7) is 2.62. The molecule has 0 aromatic heterocycles. The zero-order chi connectivity index (χ0) is 15.2. The Bertz CT molecular complexity index is 495. The maximum absolute atomic E-state index is 12.2. The van der Waals surface area contributed by atoms with Crippen LogP contribution in [-0.4, -0.2) is 17.0 Å². The van der Waals surface area contributed by atoms with Crippen LogP contribution in [0.3, 0.4) is 0 Å². The van der Waals surface area contributed by atoms with Gasteiger partial charge >= 0.3 is 5.97 Å². The Hall–Kier alpha value is -1.84. The number of hydrogen-bond donors (Lipinski definition) is 2. The van der Waals surface area contributed by atoms with Gasteiger partial charge in [-0.1, -0.05) is 37.6 Å². The maximum atomic E-state index is 12.2. The molecule has 1 saturated carbocycles. The summed E-state index contributed by atoms with van der Waals surface area (Å²) >= 11 is 0. The predicted molar refractivity (Wildman–Crippen MR) is 80.8 cm³/mol. The first-order valence-electron chi connectivity index (χ1n) is 7.68. The number of aryl methyl sites for hydroxylation is 1. The highest BCUT2D eigenvalue weighted by atomic mass is 16.4. The number of carboxylic acid groups (broad SMARTS) is 1. The molecule has 0 bridgehead atoms. The number of carboxylic acids is 1. The van der Waals surface area contributed by atoms with E-state index in [2.05, 4.69) is 24.4 Å². The third-order valence-corrected chi connectivity index (χ3v) is 4.29. The minimum Gasteiger partial charge on any atom is -0.481 e. The van der Waals surface area contributed by atoms with Crippen molar-refractivity contribution in [1.29, 1.82) is 0 Å². The largest absolute Gasteiger partial charge is 0.481 e. The summed E-state index contributed by atoms with van der Waals surface area (Å²) in [6.07, 6.45) is 3.78. The van der Waals surface area contributed by atoms with Gasteiger partial charge in [0, 0.05) is 12.5 Å². The molecule has 1 aromatic rings. The standard InChI is InChI=1S/C17H23NO3/c1-2-12-6-8-13(9-7-12)11-18-16(19)14-4-3-5-15(10-14)17(20)21/h6-9,14-15H,2-5,10-11H2,1H3,(H,18,19)(H,20,21). The van der Waals surface area contributed by atoms with Crippen LogP contribution in [0.1, 0.15) is 43.7 Å². The van der Waals surface area contributed by atoms with E-state index in [0.717, 1.165) is 24.8 Å². The minimum absolute atomic E-state index is 0.0134. The van der Waals surface area contributed by atoms with Crippen molar-refractivity contribution in [2.45, 2.75) is 45.6 Å². The van der Waals surface area contributed by atoms with Crippen molar-refractivity contribution < 1.29 is 14.7 Å². The van der Waals surface area contributed by atoms with Gasteiger partial charge in [0.2, 0.25) is 5.91 Å². The molecule has 4 heteroatoms. The maximum Gasteiger partial charge on any atom is 0.306 e. The van der Waals surface area contributed by atoms with E-state index in [1.807, 2.05) is 12.1 Å². The van der Waals surface area contributed by atoms with E-state index >= 15 is 0 Å². The van der Waals surface area contributed by atoms with Crippen LogP contribution < -0.4 is 5.32 Å². The van der Waals surface area contributed by atoms with Gasteiger partial charge in [-0.25, -0.2) is 0 Å². The van der Waals surface area contributed by atoms with E-state index in [4.69, 9.17) is 5.11 Å². The van der Waals surface area contributed by atoms with Crippen LogP contribution in [-0.2, 0) is 22.6 Å². The fourth-order valence-electron chi connectivity index (χ4n) is 2.88. The summed E-state index contributed by atoms with van der Waals surface area (Å²) < 4.78 is 0. The Morgan fingerprint density at radius 3 is 2.38 bits per heavy atom. The number of benzene rings is 1. The Kier molecular flexibility index (Phi) is 5.37. The van der Waals surface area contributed by atoms with Crippen LogP contribution in [0.4, 0.5) is 0 Å². The molecule has 0 saturated heterocycles. The summed E-state index contributed by atoms with van der Waals surface area (Å²) in [5, 5.41) is 12.0. The van der Waals surface area contributed by atoms with Crippen LogP contribution in [0.2, 0.25) is 0 Å². The summed E-state index contributed by atoms with van der Waals surface area (Å²) in [5.41, 5.74) is 2.35. The number of hydrogen-bond acceptors (Lipinski definition) is 2. The van der Waals surface area contributed by atoms with E-state index in [-0.39, 0.29) is 17.7 Å². The fourth-order valence-corrected chi connectivity index (χ4v) is 2.88. The highest BCUT2D eigenvalue weighted by Crippen LogP contribution is 2.29. The summed E-state index contributed by atoms with van der Waals surface area (Å²) in [6, 6.07) is 8.20. The second kappa shape index (κ2) is 7.25. The molecule has 1 aromatic carbocycles. The quantitative estimate of drug-likeness (QED) is 0.876. The third kappa shape index (κ3) is 4.31. The van der Waals surface area contributed by atoms with E-state index in [1.165, 1.54) is 5.56 Å². The van der Waals surface area contributed by atoms with Gasteiger partial charge in [0.25, 0.3) is 0 Å². The van der Waals surface area contributed by atoms with Crippen LogP contribution in [0.15, 0.2) is 24.3 Å². The second-order valence-corrected chi connectivity index (χ2v) is 5.79. The predicted octanol–water partition coefficient (Wildman–Crippen LogP) is 2.76. The minimum atomic E-state index is -0.775. The number of nitrogens with one attached hydrogen (secondary N) is 1. The van der Waals surface area contributed by atoms with Crippen molar-refractivity contribution in [2.75, 3.05) is 0 Å². The number of amides is 1. The van der Waals surface area contributed by atoms with Gasteiger partial charge in [0.05, 0.1) is 5.92 Å². The summed E-state index contributed by atoms with van der Waals surface area (Å²) in [4.78, 5) is 23.2. The van der Waals surface area contributed by atoms with Crippen LogP contribution in [0, 0.1) is 11.8 Å². The van der Waals surface area contributed by atoms with Crippen molar-refractivity contribution in [3.63, 3.8) is 0 Å². The van der Waals surface area contributed by atoms with Crippen molar-refractivity contribution >= 4 is 11.9 Å². The molecule has 1 aliphatic carbocycles. The van der Waals surface area contributed by atoms with Crippen LogP contribution in [0.25, 0.3) is 0 Å². The number of rotatable bonds is 5. The smallest absolute Gasteiger partial charge is 0.306 e. The van der Waals surface area contributed by atoms with Gasteiger partial charge in [0.1, 0.15) is 0 Å². The lowest BCUT2D eigenvalue weighted by molar-refractivity contribution is -0.144. The molecule has 21 heavy (non-hydrogen) atoms. The molecular weight excluding hydrogens is 266 g/mol. The first-order chi connectivity index (χ1) is 10.1. The highest BCUT2D eigenvalue weighted by Gasteiger charge is 2.30. The lowest BCUT2D eigenvalue weighted by Crippen LogP contribution is -2.35. The zero-order valence-electron chi connectivity index (χ0n) is 12.5. The molecule has 2 N–H and O–H groups in total. The molecule has 2 rings (SSSR count). The second-order valence-electron chi connectivity index (χ2n) is 5.79. The Balaban J connectivity index is 1.84. The molecular formula is C17H23NO3. The van der Waals surface area contributed by atoms with E-state index in [1.54, 1.807) is 0 Å². The molecule has 0 aliphatic heterocycles. The van der Waals surface area contributed by atoms with Gasteiger partial charge in [-0.3, -0.25) is 9.59 Å². The zero-order valence-corrected chi connectivity index (χ0v) is 12.5. The third-order valence-electron chi connectivity index (χ3n) is 4.29. The number of carbonyl (C=O) groups excluding carboxylic acids is 1. The fraction of sp³-hybridized carbons (Fsp3) is 0.529. The monoisotopic (exact) mass is 289 g/mol. The van der Waals surface area contributed by atoms with Crippen molar-refractivity contribution in [1.82, 2.24) is 5.32 Å². The van der Waals surface area contributed by atoms with Crippen molar-refractivity contribution in [3.05, 3.63) is 35.4 Å². The molecule has 114 valence electrons.